The van der Waals surface area contributed by atoms with Crippen LogP contribution < -0.4 is 21.7 Å². The number of hydrogen-bond donors (Lipinski definition) is 1. The highest BCUT2D eigenvalue weighted by molar-refractivity contribution is 6.02. The third-order valence-corrected chi connectivity index (χ3v) is 3.78. The summed E-state index contributed by atoms with van der Waals surface area (Å²) in [6.07, 6.45) is -1.27. The van der Waals surface area contributed by atoms with Gasteiger partial charge in [-0.1, -0.05) is 0 Å². The second kappa shape index (κ2) is 6.78. The van der Waals surface area contributed by atoms with Gasteiger partial charge in [0.1, 0.15) is 17.1 Å². The van der Waals surface area contributed by atoms with Gasteiger partial charge in [-0.25, -0.2) is 4.79 Å². The standard InChI is InChI=1S/C15H17N5O6/c1-7-5-6-9(13(17-7)20(24)25)26-8(2)11(21)10-12(16)18(3)15(23)19(4)14(10)22/h5-6,8H,16H2,1-4H3/t8-/m1/s1. The molecule has 0 aliphatic carbocycles. The van der Waals surface area contributed by atoms with E-state index in [4.69, 9.17) is 10.5 Å². The van der Waals surface area contributed by atoms with Crippen molar-refractivity contribution in [2.24, 2.45) is 14.1 Å². The zero-order valence-electron chi connectivity index (χ0n) is 14.5. The van der Waals surface area contributed by atoms with Crippen LogP contribution in [0.15, 0.2) is 21.7 Å². The van der Waals surface area contributed by atoms with Crippen LogP contribution in [0.1, 0.15) is 23.0 Å². The normalized spacial score (nSPS) is 11.8. The number of nitrogens with two attached hydrogens (primary N) is 1. The zero-order valence-corrected chi connectivity index (χ0v) is 14.5. The minimum atomic E-state index is -1.27. The first-order chi connectivity index (χ1) is 12.1. The Labute approximate surface area is 146 Å². The highest BCUT2D eigenvalue weighted by Gasteiger charge is 2.28. The van der Waals surface area contributed by atoms with Crippen LogP contribution in [0.5, 0.6) is 5.75 Å². The van der Waals surface area contributed by atoms with E-state index in [1.165, 1.54) is 33.2 Å². The molecule has 0 saturated heterocycles. The predicted molar refractivity (Wildman–Crippen MR) is 91.4 cm³/mol. The first kappa shape index (κ1) is 18.8. The van der Waals surface area contributed by atoms with Gasteiger partial charge < -0.3 is 20.6 Å². The number of ether oxygens (including phenoxy) is 1. The van der Waals surface area contributed by atoms with Crippen LogP contribution >= 0.6 is 0 Å². The van der Waals surface area contributed by atoms with E-state index in [1.807, 2.05) is 0 Å². The third kappa shape index (κ3) is 3.18. The molecule has 0 unspecified atom stereocenters. The summed E-state index contributed by atoms with van der Waals surface area (Å²) in [6, 6.07) is 2.80. The lowest BCUT2D eigenvalue weighted by atomic mass is 10.1. The maximum absolute atomic E-state index is 12.6. The molecule has 2 aromatic rings. The van der Waals surface area contributed by atoms with Crippen LogP contribution in [0, 0.1) is 17.0 Å². The Morgan fingerprint density at radius 2 is 1.92 bits per heavy atom. The number of aryl methyl sites for hydroxylation is 1. The maximum atomic E-state index is 12.6. The number of nitrogen functional groups attached to an aromatic ring is 1. The minimum Gasteiger partial charge on any atom is -0.474 e. The lowest BCUT2D eigenvalue weighted by Crippen LogP contribution is -2.43. The van der Waals surface area contributed by atoms with E-state index in [0.717, 1.165) is 9.13 Å². The molecule has 0 saturated carbocycles. The molecule has 0 aliphatic heterocycles. The number of hydrogen-bond acceptors (Lipinski definition) is 8. The minimum absolute atomic E-state index is 0.221. The van der Waals surface area contributed by atoms with Crippen LogP contribution in [-0.4, -0.2) is 30.9 Å². The quantitative estimate of drug-likeness (QED) is 0.440. The van der Waals surface area contributed by atoms with Crippen molar-refractivity contribution in [2.75, 3.05) is 5.73 Å². The monoisotopic (exact) mass is 363 g/mol. The fourth-order valence-electron chi connectivity index (χ4n) is 2.29. The molecule has 0 aliphatic rings. The van der Waals surface area contributed by atoms with Crippen molar-refractivity contribution in [3.63, 3.8) is 0 Å². The SMILES string of the molecule is Cc1ccc(O[C@H](C)C(=O)c2c(N)n(C)c(=O)n(C)c2=O)c([N+](=O)[O-])n1. The van der Waals surface area contributed by atoms with Gasteiger partial charge in [0.15, 0.2) is 6.10 Å². The molecule has 0 radical (unpaired) electrons. The molecule has 2 aromatic heterocycles. The lowest BCUT2D eigenvalue weighted by molar-refractivity contribution is -0.390. The highest BCUT2D eigenvalue weighted by atomic mass is 16.6. The fraction of sp³-hybridized carbons (Fsp3) is 0.333. The van der Waals surface area contributed by atoms with Crippen molar-refractivity contribution in [1.82, 2.24) is 14.1 Å². The smallest absolute Gasteiger partial charge is 0.406 e. The number of Topliss-reactive ketones (excluding diaryl/α,β-unsaturated/α-hetero) is 1. The largest absolute Gasteiger partial charge is 0.474 e. The summed E-state index contributed by atoms with van der Waals surface area (Å²) in [5, 5.41) is 11.1. The van der Waals surface area contributed by atoms with Gasteiger partial charge in [0, 0.05) is 21.0 Å². The van der Waals surface area contributed by atoms with Gasteiger partial charge in [0.25, 0.3) is 5.56 Å². The van der Waals surface area contributed by atoms with Crippen molar-refractivity contribution in [1.29, 1.82) is 0 Å². The number of nitrogens with zero attached hydrogens (tertiary/aromatic N) is 4. The van der Waals surface area contributed by atoms with Gasteiger partial charge in [-0.2, -0.15) is 0 Å². The van der Waals surface area contributed by atoms with Crippen LogP contribution in [0.4, 0.5) is 11.6 Å². The molecule has 0 bridgehead atoms. The van der Waals surface area contributed by atoms with Crippen molar-refractivity contribution in [3.8, 4) is 5.75 Å². The van der Waals surface area contributed by atoms with Gasteiger partial charge in [0.2, 0.25) is 11.5 Å². The molecule has 1 atom stereocenters. The zero-order chi connectivity index (χ0) is 19.8. The Bertz CT molecular complexity index is 1020. The van der Waals surface area contributed by atoms with Crippen LogP contribution in [0.3, 0.4) is 0 Å². The first-order valence-corrected chi connectivity index (χ1v) is 7.44. The second-order valence-electron chi connectivity index (χ2n) is 5.62. The molecule has 11 nitrogen and oxygen atoms in total. The van der Waals surface area contributed by atoms with E-state index in [0.29, 0.717) is 5.69 Å². The Morgan fingerprint density at radius 1 is 1.31 bits per heavy atom. The number of ketones is 1. The summed E-state index contributed by atoms with van der Waals surface area (Å²) in [7, 11) is 2.52. The summed E-state index contributed by atoms with van der Waals surface area (Å²) in [6.45, 7) is 2.89. The third-order valence-electron chi connectivity index (χ3n) is 3.78. The van der Waals surface area contributed by atoms with Crippen molar-refractivity contribution < 1.29 is 14.5 Å². The number of carbonyl (C=O) groups excluding carboxylic acids is 1. The van der Waals surface area contributed by atoms with Crippen molar-refractivity contribution in [3.05, 3.63) is 54.3 Å². The molecule has 0 amide bonds. The molecule has 138 valence electrons. The molecule has 11 heteroatoms. The van der Waals surface area contributed by atoms with Crippen LogP contribution in [0.25, 0.3) is 0 Å². The molecule has 2 rings (SSSR count). The van der Waals surface area contributed by atoms with Gasteiger partial charge in [-0.15, -0.1) is 0 Å². The molecule has 0 spiro atoms. The molecule has 26 heavy (non-hydrogen) atoms. The number of pyridine rings is 1. The van der Waals surface area contributed by atoms with Gasteiger partial charge in [0.05, 0.1) is 0 Å². The van der Waals surface area contributed by atoms with E-state index in [-0.39, 0.29) is 11.6 Å². The van der Waals surface area contributed by atoms with Gasteiger partial charge in [-0.3, -0.25) is 18.7 Å². The van der Waals surface area contributed by atoms with E-state index in [9.17, 15) is 24.5 Å². The Balaban J connectivity index is 2.46. The lowest BCUT2D eigenvalue weighted by Gasteiger charge is -2.16. The summed E-state index contributed by atoms with van der Waals surface area (Å²) < 4.78 is 7.05. The predicted octanol–water partition coefficient (Wildman–Crippen LogP) is -0.0720. The first-order valence-electron chi connectivity index (χ1n) is 7.44. The number of aromatic nitrogens is 3. The summed E-state index contributed by atoms with van der Waals surface area (Å²) in [5.41, 5.74) is 4.15. The van der Waals surface area contributed by atoms with Crippen molar-refractivity contribution >= 4 is 17.4 Å². The number of carbonyl (C=O) groups is 1. The van der Waals surface area contributed by atoms with E-state index < -0.39 is 39.4 Å². The average Bonchev–Trinajstić information content (AvgIpc) is 2.59. The summed E-state index contributed by atoms with van der Waals surface area (Å²) >= 11 is 0. The maximum Gasteiger partial charge on any atom is 0.406 e. The highest BCUT2D eigenvalue weighted by Crippen LogP contribution is 2.26. The molecular weight excluding hydrogens is 346 g/mol. The van der Waals surface area contributed by atoms with Crippen LogP contribution in [0.2, 0.25) is 0 Å². The number of anilines is 1. The molecular formula is C15H17N5O6. The topological polar surface area (TPSA) is 152 Å². The van der Waals surface area contributed by atoms with Gasteiger partial charge >= 0.3 is 11.5 Å². The fourth-order valence-corrected chi connectivity index (χ4v) is 2.29. The second-order valence-corrected chi connectivity index (χ2v) is 5.62. The Hall–Kier alpha value is -3.50. The summed E-state index contributed by atoms with van der Waals surface area (Å²) in [5.74, 6) is -1.89. The van der Waals surface area contributed by atoms with E-state index >= 15 is 0 Å². The van der Waals surface area contributed by atoms with Crippen molar-refractivity contribution in [2.45, 2.75) is 20.0 Å². The molecule has 2 heterocycles. The Morgan fingerprint density at radius 3 is 2.50 bits per heavy atom. The van der Waals surface area contributed by atoms with Gasteiger partial charge in [-0.05, 0) is 29.0 Å². The molecule has 2 N–H and O–H groups in total. The number of rotatable bonds is 5. The van der Waals surface area contributed by atoms with E-state index in [2.05, 4.69) is 4.98 Å². The Kier molecular flexibility index (Phi) is 4.91. The van der Waals surface area contributed by atoms with Crippen LogP contribution in [-0.2, 0) is 14.1 Å². The number of nitro groups is 1. The average molecular weight is 363 g/mol. The molecule has 0 fully saturated rings. The summed E-state index contributed by atoms with van der Waals surface area (Å²) in [4.78, 5) is 50.8. The van der Waals surface area contributed by atoms with E-state index in [1.54, 1.807) is 6.92 Å². The molecule has 0 aromatic carbocycles.